The highest BCUT2D eigenvalue weighted by Crippen LogP contribution is 2.52. The van der Waals surface area contributed by atoms with Crippen molar-refractivity contribution in [3.63, 3.8) is 0 Å². The van der Waals surface area contributed by atoms with E-state index in [0.29, 0.717) is 11.2 Å². The van der Waals surface area contributed by atoms with E-state index in [1.54, 1.807) is 4.57 Å². The number of aromatic nitrogens is 12. The summed E-state index contributed by atoms with van der Waals surface area (Å²) in [5, 5.41) is 22.0. The second kappa shape index (κ2) is 20.3. The Bertz CT molecular complexity index is 2940. The van der Waals surface area contributed by atoms with Gasteiger partial charge in [-0.1, -0.05) is 0 Å². The highest BCUT2D eigenvalue weighted by Gasteiger charge is 2.52. The Morgan fingerprint density at radius 3 is 1.67 bits per heavy atom. The first kappa shape index (κ1) is 50.0. The van der Waals surface area contributed by atoms with Gasteiger partial charge >= 0.3 is 14.3 Å². The Hall–Kier alpha value is -3.98. The number of imidazole rings is 3. The van der Waals surface area contributed by atoms with Crippen LogP contribution in [0, 0.1) is 0 Å². The van der Waals surface area contributed by atoms with Crippen LogP contribution in [-0.4, -0.2) is 174 Å². The molecule has 0 aromatic carbocycles. The average molecular weight is 1060 g/mol. The summed E-state index contributed by atoms with van der Waals surface area (Å²) in [5.41, 5.74) is 19.7. The first-order valence-electron chi connectivity index (χ1n) is 20.6. The largest absolute Gasteiger partial charge is 0.387 e. The minimum atomic E-state index is -4.32. The summed E-state index contributed by atoms with van der Waals surface area (Å²) in [5.74, 6) is 0.300. The molecule has 9 heterocycles. The standard InChI is InChI=1S/C34H46N15O15P3S2/c1-55-22-14(4-5-66(52,53)57-3)60-33(48-12-45-18-27(36)39-9-42-30(18)48)24(22)63-65(68)58-6-16-23(56-2)25(34(62-16)49-13-46-19-28(37)40-10-43-31(19)49)64-67(54,69)59-7-15-20(50)21(51)32(61-15)47-11-44-17-26(35)38-8-41-29(17)47/h8-16,20-25,32-34,50-51,65H,4-7H2,1-3H3,(H,52,53)(H,54,69)(H2,35,38,41)(H2,36,39,42)(H2,37,40,43)/t14-,15-,16-,20-,21-,22-,23-,24-,25-,32-,33-,34-,67-/m1/s1. The number of ether oxygens (including phenoxy) is 5. The molecule has 0 aliphatic carbocycles. The van der Waals surface area contributed by atoms with Gasteiger partial charge in [0.25, 0.3) is 0 Å². The third-order valence-electron chi connectivity index (χ3n) is 11.7. The number of rotatable bonds is 19. The normalized spacial score (nSPS) is 30.7. The summed E-state index contributed by atoms with van der Waals surface area (Å²) in [6.45, 7) is -5.13. The Morgan fingerprint density at radius 1 is 0.667 bits per heavy atom. The van der Waals surface area contributed by atoms with Gasteiger partial charge in [0.15, 0.2) is 60.2 Å². The third kappa shape index (κ3) is 9.86. The lowest BCUT2D eigenvalue weighted by molar-refractivity contribution is -0.0567. The van der Waals surface area contributed by atoms with E-state index in [2.05, 4.69) is 44.9 Å². The summed E-state index contributed by atoms with van der Waals surface area (Å²) in [4.78, 5) is 59.5. The maximum Gasteiger partial charge on any atom is 0.327 e. The van der Waals surface area contributed by atoms with Gasteiger partial charge in [0.2, 0.25) is 0 Å². The number of hydrogen-bond acceptors (Lipinski definition) is 27. The summed E-state index contributed by atoms with van der Waals surface area (Å²) >= 11 is 11.3. The van der Waals surface area contributed by atoms with Crippen LogP contribution >= 0.6 is 21.5 Å². The fourth-order valence-electron chi connectivity index (χ4n) is 8.33. The molecule has 0 saturated carbocycles. The molecular formula is C34H46N15O15P3S2. The van der Waals surface area contributed by atoms with Crippen LogP contribution in [0.1, 0.15) is 25.1 Å². The van der Waals surface area contributed by atoms with Gasteiger partial charge in [0.05, 0.1) is 44.5 Å². The van der Waals surface area contributed by atoms with Crippen LogP contribution in [0.2, 0.25) is 0 Å². The molecule has 6 aromatic heterocycles. The molecule has 3 aliphatic rings. The topological polar surface area (TPSA) is 399 Å². The van der Waals surface area contributed by atoms with Crippen molar-refractivity contribution in [2.24, 2.45) is 0 Å². The monoisotopic (exact) mass is 1060 g/mol. The van der Waals surface area contributed by atoms with Gasteiger partial charge in [-0.25, -0.2) is 44.9 Å². The highest BCUT2D eigenvalue weighted by molar-refractivity contribution is 8.07. The first-order valence-corrected chi connectivity index (χ1v) is 27.4. The van der Waals surface area contributed by atoms with Gasteiger partial charge in [-0.2, -0.15) is 0 Å². The van der Waals surface area contributed by atoms with E-state index in [1.165, 1.54) is 61.3 Å². The lowest BCUT2D eigenvalue weighted by Gasteiger charge is -2.28. The quantitative estimate of drug-likeness (QED) is 0.0500. The van der Waals surface area contributed by atoms with E-state index in [-0.39, 0.29) is 59.0 Å². The number of nitrogens with zero attached hydrogens (tertiary/aromatic N) is 12. The number of aliphatic hydroxyl groups excluding tert-OH is 2. The van der Waals surface area contributed by atoms with Crippen molar-refractivity contribution in [2.75, 3.05) is 57.9 Å². The first-order chi connectivity index (χ1) is 33.0. The zero-order valence-corrected chi connectivity index (χ0v) is 40.7. The lowest BCUT2D eigenvalue weighted by atomic mass is 10.1. The molecule has 10 N–H and O–H groups in total. The fraction of sp³-hybridized carbons (Fsp3) is 0.559. The maximum absolute atomic E-state index is 12.5. The molecule has 0 spiro atoms. The van der Waals surface area contributed by atoms with Crippen LogP contribution in [0.15, 0.2) is 38.0 Å². The zero-order chi connectivity index (χ0) is 48.9. The lowest BCUT2D eigenvalue weighted by Crippen LogP contribution is -2.37. The highest BCUT2D eigenvalue weighted by atomic mass is 32.5. The van der Waals surface area contributed by atoms with Gasteiger partial charge in [-0.3, -0.25) is 22.8 Å². The van der Waals surface area contributed by atoms with Crippen LogP contribution < -0.4 is 17.2 Å². The molecule has 3 fully saturated rings. The summed E-state index contributed by atoms with van der Waals surface area (Å²) < 4.78 is 76.9. The van der Waals surface area contributed by atoms with E-state index in [4.69, 9.17) is 87.1 Å². The van der Waals surface area contributed by atoms with Crippen molar-refractivity contribution < 1.29 is 70.9 Å². The molecule has 15 atom stereocenters. The SMILES string of the molecule is CO[C@H]1[C@@H](O[PH](=S)OC[C@H]2O[C@@H](n3cnc4c(N)ncnc43)[C@H](O[P@](O)(=S)OC[C@H]3O[C@@H](n4cnc5c(N)ncnc54)[C@H](O)[C@@H]3O)[C@@H]2OC)[C@H](n2cnc3c(N)ncnc32)O[C@@H]1CCP(=O)(O)OC. The van der Waals surface area contributed by atoms with Crippen LogP contribution in [0.5, 0.6) is 0 Å². The van der Waals surface area contributed by atoms with Crippen molar-refractivity contribution in [1.29, 1.82) is 0 Å². The number of hydrogen-bond donors (Lipinski definition) is 7. The second-order valence-electron chi connectivity index (χ2n) is 15.6. The van der Waals surface area contributed by atoms with Crippen molar-refractivity contribution >= 4 is 96.0 Å². The number of fused-ring (bicyclic) bond motifs is 3. The predicted octanol–water partition coefficient (Wildman–Crippen LogP) is -0.555. The molecule has 0 bridgehead atoms. The average Bonchev–Trinajstić information content (AvgIpc) is 4.19. The maximum atomic E-state index is 12.5. The van der Waals surface area contributed by atoms with Gasteiger partial charge in [0.1, 0.15) is 84.4 Å². The Labute approximate surface area is 400 Å². The third-order valence-corrected chi connectivity index (χ3v) is 16.1. The van der Waals surface area contributed by atoms with Crippen molar-refractivity contribution in [1.82, 2.24) is 58.6 Å². The van der Waals surface area contributed by atoms with Crippen LogP contribution in [0.25, 0.3) is 33.5 Å². The van der Waals surface area contributed by atoms with Crippen LogP contribution in [-0.2, 0) is 74.5 Å². The van der Waals surface area contributed by atoms with Gasteiger partial charge in [-0.15, -0.1) is 0 Å². The van der Waals surface area contributed by atoms with Crippen molar-refractivity contribution in [3.05, 3.63) is 38.0 Å². The van der Waals surface area contributed by atoms with Gasteiger partial charge in [0, 0.05) is 21.3 Å². The fourth-order valence-corrected chi connectivity index (χ4v) is 11.9. The van der Waals surface area contributed by atoms with Gasteiger partial charge in [-0.05, 0) is 30.0 Å². The van der Waals surface area contributed by atoms with E-state index in [0.717, 1.165) is 7.11 Å². The van der Waals surface area contributed by atoms with Crippen molar-refractivity contribution in [3.8, 4) is 0 Å². The van der Waals surface area contributed by atoms with E-state index in [1.807, 2.05) is 0 Å². The van der Waals surface area contributed by atoms with E-state index < -0.39 is 102 Å². The Morgan fingerprint density at radius 2 is 1.14 bits per heavy atom. The molecule has 6 aromatic rings. The predicted molar refractivity (Wildman–Crippen MR) is 245 cm³/mol. The molecule has 9 rings (SSSR count). The smallest absolute Gasteiger partial charge is 0.327 e. The molecule has 35 heteroatoms. The summed E-state index contributed by atoms with van der Waals surface area (Å²) in [6.07, 6.45) is -5.95. The molecule has 0 radical (unpaired) electrons. The van der Waals surface area contributed by atoms with Crippen LogP contribution in [0.4, 0.5) is 17.5 Å². The Balaban J connectivity index is 0.925. The molecule has 3 aliphatic heterocycles. The van der Waals surface area contributed by atoms with Crippen molar-refractivity contribution in [2.45, 2.75) is 80.0 Å². The summed E-state index contributed by atoms with van der Waals surface area (Å²) in [7, 11) is -2.72. The number of nitrogen functional groups attached to an aromatic ring is 3. The zero-order valence-electron chi connectivity index (χ0n) is 36.3. The van der Waals surface area contributed by atoms with E-state index in [9.17, 15) is 24.6 Å². The second-order valence-corrected chi connectivity index (χ2v) is 22.5. The number of nitrogens with two attached hydrogens (primary N) is 3. The minimum absolute atomic E-state index is 0.0291. The number of anilines is 3. The molecule has 69 heavy (non-hydrogen) atoms. The van der Waals surface area contributed by atoms with Crippen LogP contribution in [0.3, 0.4) is 0 Å². The molecule has 0 amide bonds. The van der Waals surface area contributed by atoms with E-state index >= 15 is 0 Å². The minimum Gasteiger partial charge on any atom is -0.387 e. The molecular weight excluding hydrogens is 1020 g/mol. The molecule has 2 unspecified atom stereocenters. The molecule has 30 nitrogen and oxygen atoms in total. The van der Waals surface area contributed by atoms with Gasteiger partial charge < -0.3 is 79.0 Å². The molecule has 3 saturated heterocycles. The molecule has 374 valence electrons. The summed E-state index contributed by atoms with van der Waals surface area (Å²) in [6, 6.07) is 0. The number of methoxy groups -OCH3 is 2. The number of aliphatic hydroxyl groups is 2. The Kier molecular flexibility index (Phi) is 14.7.